The molecule has 7 heteroatoms. The number of rotatable bonds is 4. The monoisotopic (exact) mass is 415 g/mol. The molecule has 31 heavy (non-hydrogen) atoms. The number of oxazole rings is 1. The van der Waals surface area contributed by atoms with E-state index in [9.17, 15) is 4.79 Å². The molecule has 0 N–H and O–H groups in total. The van der Waals surface area contributed by atoms with E-state index in [4.69, 9.17) is 4.42 Å². The molecule has 5 rings (SSSR count). The van der Waals surface area contributed by atoms with E-state index in [1.807, 2.05) is 67.3 Å². The van der Waals surface area contributed by atoms with Gasteiger partial charge in [-0.05, 0) is 44.2 Å². The smallest absolute Gasteiger partial charge is 0.244 e. The lowest BCUT2D eigenvalue weighted by molar-refractivity contribution is -0.132. The fraction of sp³-hybridized carbons (Fsp3) is 0.292. The summed E-state index contributed by atoms with van der Waals surface area (Å²) in [7, 11) is 0. The first-order valence-electron chi connectivity index (χ1n) is 10.6. The standard InChI is InChI=1S/C24H25N5O2/c1-17-15-18(2)29(26-17)16-23(30)28-13-11-27(12-14-28)21-9-5-3-7-19(21)24-25-20-8-4-6-10-22(20)31-24/h3-10,15H,11-14,16H2,1-2H3. The lowest BCUT2D eigenvalue weighted by Gasteiger charge is -2.36. The van der Waals surface area contributed by atoms with Crippen LogP contribution in [-0.2, 0) is 11.3 Å². The molecule has 0 unspecified atom stereocenters. The number of aromatic nitrogens is 3. The molecular weight excluding hydrogens is 390 g/mol. The van der Waals surface area contributed by atoms with Crippen molar-refractivity contribution in [2.24, 2.45) is 0 Å². The zero-order valence-corrected chi connectivity index (χ0v) is 17.8. The Hall–Kier alpha value is -3.61. The highest BCUT2D eigenvalue weighted by atomic mass is 16.3. The van der Waals surface area contributed by atoms with E-state index in [0.717, 1.165) is 46.8 Å². The van der Waals surface area contributed by atoms with E-state index in [-0.39, 0.29) is 5.91 Å². The fourth-order valence-electron chi connectivity index (χ4n) is 4.18. The number of nitrogens with zero attached hydrogens (tertiary/aromatic N) is 5. The number of amides is 1. The molecule has 0 bridgehead atoms. The number of hydrogen-bond acceptors (Lipinski definition) is 5. The van der Waals surface area contributed by atoms with E-state index < -0.39 is 0 Å². The summed E-state index contributed by atoms with van der Waals surface area (Å²) >= 11 is 0. The second-order valence-electron chi connectivity index (χ2n) is 7.96. The van der Waals surface area contributed by atoms with Gasteiger partial charge in [0.15, 0.2) is 5.58 Å². The largest absolute Gasteiger partial charge is 0.436 e. The molecule has 0 spiro atoms. The minimum absolute atomic E-state index is 0.109. The molecule has 3 heterocycles. The second-order valence-corrected chi connectivity index (χ2v) is 7.96. The maximum absolute atomic E-state index is 12.8. The van der Waals surface area contributed by atoms with Crippen LogP contribution in [0.1, 0.15) is 11.4 Å². The van der Waals surface area contributed by atoms with Crippen LogP contribution >= 0.6 is 0 Å². The Bertz CT molecular complexity index is 1200. The third kappa shape index (κ3) is 3.79. The van der Waals surface area contributed by atoms with Gasteiger partial charge in [0.25, 0.3) is 0 Å². The molecule has 1 saturated heterocycles. The number of anilines is 1. The van der Waals surface area contributed by atoms with Crippen LogP contribution in [0.4, 0.5) is 5.69 Å². The van der Waals surface area contributed by atoms with Crippen molar-refractivity contribution < 1.29 is 9.21 Å². The normalized spacial score (nSPS) is 14.4. The van der Waals surface area contributed by atoms with Crippen molar-refractivity contribution in [1.82, 2.24) is 19.7 Å². The molecule has 4 aromatic rings. The second kappa shape index (κ2) is 7.91. The van der Waals surface area contributed by atoms with Crippen molar-refractivity contribution in [2.45, 2.75) is 20.4 Å². The number of hydrogen-bond donors (Lipinski definition) is 0. The van der Waals surface area contributed by atoms with Gasteiger partial charge in [-0.25, -0.2) is 4.98 Å². The topological polar surface area (TPSA) is 67.4 Å². The maximum atomic E-state index is 12.8. The molecule has 0 saturated carbocycles. The summed E-state index contributed by atoms with van der Waals surface area (Å²) < 4.78 is 7.80. The lowest BCUT2D eigenvalue weighted by Crippen LogP contribution is -2.49. The number of para-hydroxylation sites is 3. The molecule has 1 amide bonds. The van der Waals surface area contributed by atoms with Gasteiger partial charge in [-0.15, -0.1) is 0 Å². The summed E-state index contributed by atoms with van der Waals surface area (Å²) in [4.78, 5) is 21.7. The van der Waals surface area contributed by atoms with Crippen molar-refractivity contribution in [2.75, 3.05) is 31.1 Å². The van der Waals surface area contributed by atoms with Gasteiger partial charge < -0.3 is 14.2 Å². The van der Waals surface area contributed by atoms with E-state index >= 15 is 0 Å². The SMILES string of the molecule is Cc1cc(C)n(CC(=O)N2CCN(c3ccccc3-c3nc4ccccc4o3)CC2)n1. The van der Waals surface area contributed by atoms with Gasteiger partial charge in [-0.2, -0.15) is 5.10 Å². The van der Waals surface area contributed by atoms with E-state index in [0.29, 0.717) is 25.5 Å². The predicted octanol–water partition coefficient (Wildman–Crippen LogP) is 3.66. The minimum atomic E-state index is 0.109. The Balaban J connectivity index is 1.31. The zero-order valence-electron chi connectivity index (χ0n) is 17.8. The molecule has 1 fully saturated rings. The first-order chi connectivity index (χ1) is 15.1. The van der Waals surface area contributed by atoms with Gasteiger partial charge in [0.05, 0.1) is 11.3 Å². The van der Waals surface area contributed by atoms with Crippen LogP contribution in [0.25, 0.3) is 22.6 Å². The summed E-state index contributed by atoms with van der Waals surface area (Å²) in [5.74, 6) is 0.734. The fourth-order valence-corrected chi connectivity index (χ4v) is 4.18. The zero-order chi connectivity index (χ0) is 21.4. The quantitative estimate of drug-likeness (QED) is 0.509. The van der Waals surface area contributed by atoms with Crippen molar-refractivity contribution in [3.63, 3.8) is 0 Å². The Morgan fingerprint density at radius 2 is 1.74 bits per heavy atom. The Labute approximate surface area is 180 Å². The van der Waals surface area contributed by atoms with Crippen LogP contribution in [0.3, 0.4) is 0 Å². The molecule has 1 aliphatic rings. The number of piperazine rings is 1. The van der Waals surface area contributed by atoms with Crippen LogP contribution in [0.5, 0.6) is 0 Å². The summed E-state index contributed by atoms with van der Waals surface area (Å²) in [6.45, 7) is 7.11. The van der Waals surface area contributed by atoms with Gasteiger partial charge in [0, 0.05) is 37.6 Å². The first-order valence-corrected chi connectivity index (χ1v) is 10.6. The van der Waals surface area contributed by atoms with Gasteiger partial charge >= 0.3 is 0 Å². The molecule has 7 nitrogen and oxygen atoms in total. The van der Waals surface area contributed by atoms with Gasteiger partial charge in [-0.3, -0.25) is 9.48 Å². The van der Waals surface area contributed by atoms with Crippen LogP contribution in [0, 0.1) is 13.8 Å². The third-order valence-corrected chi connectivity index (χ3v) is 5.79. The molecule has 2 aromatic heterocycles. The first kappa shape index (κ1) is 19.4. The summed E-state index contributed by atoms with van der Waals surface area (Å²) in [6.07, 6.45) is 0. The Morgan fingerprint density at radius 3 is 2.48 bits per heavy atom. The molecular formula is C24H25N5O2. The van der Waals surface area contributed by atoms with Crippen LogP contribution in [0.2, 0.25) is 0 Å². The third-order valence-electron chi connectivity index (χ3n) is 5.79. The average molecular weight is 415 g/mol. The number of benzene rings is 2. The highest BCUT2D eigenvalue weighted by molar-refractivity contribution is 5.81. The molecule has 1 aliphatic heterocycles. The minimum Gasteiger partial charge on any atom is -0.436 e. The van der Waals surface area contributed by atoms with Crippen molar-refractivity contribution in [3.8, 4) is 11.5 Å². The van der Waals surface area contributed by atoms with Gasteiger partial charge in [-0.1, -0.05) is 24.3 Å². The highest BCUT2D eigenvalue weighted by Gasteiger charge is 2.24. The van der Waals surface area contributed by atoms with Crippen molar-refractivity contribution in [3.05, 3.63) is 66.0 Å². The molecule has 0 atom stereocenters. The van der Waals surface area contributed by atoms with Gasteiger partial charge in [0.2, 0.25) is 11.8 Å². The number of fused-ring (bicyclic) bond motifs is 1. The van der Waals surface area contributed by atoms with Crippen LogP contribution in [-0.4, -0.2) is 51.8 Å². The van der Waals surface area contributed by atoms with Crippen molar-refractivity contribution >= 4 is 22.7 Å². The average Bonchev–Trinajstić information content (AvgIpc) is 3.36. The van der Waals surface area contributed by atoms with Crippen LogP contribution < -0.4 is 4.90 Å². The molecule has 158 valence electrons. The Kier molecular flexibility index (Phi) is 4.94. The van der Waals surface area contributed by atoms with Crippen molar-refractivity contribution in [1.29, 1.82) is 0 Å². The lowest BCUT2D eigenvalue weighted by atomic mass is 10.1. The van der Waals surface area contributed by atoms with E-state index in [2.05, 4.69) is 21.0 Å². The highest BCUT2D eigenvalue weighted by Crippen LogP contribution is 2.32. The molecule has 0 aliphatic carbocycles. The molecule has 0 radical (unpaired) electrons. The molecule has 2 aromatic carbocycles. The van der Waals surface area contributed by atoms with Crippen LogP contribution in [0.15, 0.2) is 59.0 Å². The summed E-state index contributed by atoms with van der Waals surface area (Å²) in [5, 5.41) is 4.41. The maximum Gasteiger partial charge on any atom is 0.244 e. The predicted molar refractivity (Wildman–Crippen MR) is 120 cm³/mol. The van der Waals surface area contributed by atoms with Gasteiger partial charge in [0.1, 0.15) is 12.1 Å². The summed E-state index contributed by atoms with van der Waals surface area (Å²) in [5.41, 5.74) is 5.64. The Morgan fingerprint density at radius 1 is 1.00 bits per heavy atom. The van der Waals surface area contributed by atoms with E-state index in [1.165, 1.54) is 0 Å². The summed E-state index contributed by atoms with van der Waals surface area (Å²) in [6, 6.07) is 18.0. The van der Waals surface area contributed by atoms with E-state index in [1.54, 1.807) is 4.68 Å². The number of aryl methyl sites for hydroxylation is 2. The number of carbonyl (C=O) groups excluding carboxylic acids is 1. The number of carbonyl (C=O) groups is 1.